The van der Waals surface area contributed by atoms with Crippen molar-refractivity contribution in [2.45, 2.75) is 33.2 Å². The average Bonchev–Trinajstić information content (AvgIpc) is 2.98. The monoisotopic (exact) mass is 325 g/mol. The molecule has 120 valence electrons. The van der Waals surface area contributed by atoms with E-state index in [2.05, 4.69) is 4.37 Å². The number of hydrogen-bond donors (Lipinski definition) is 0. The zero-order valence-electron chi connectivity index (χ0n) is 13.1. The highest BCUT2D eigenvalue weighted by molar-refractivity contribution is 7.03. The molecular formula is C14H19N3O4S. The number of rotatable bonds is 5. The summed E-state index contributed by atoms with van der Waals surface area (Å²) >= 11 is 1.19. The van der Waals surface area contributed by atoms with Crippen LogP contribution in [0.5, 0.6) is 5.88 Å². The third-order valence-electron chi connectivity index (χ3n) is 4.22. The van der Waals surface area contributed by atoms with Crippen molar-refractivity contribution < 1.29 is 19.1 Å². The molecule has 1 aromatic rings. The zero-order valence-corrected chi connectivity index (χ0v) is 13.9. The summed E-state index contributed by atoms with van der Waals surface area (Å²) < 4.78 is 9.17. The maximum Gasteiger partial charge on any atom is 0.333 e. The minimum atomic E-state index is -1.17. The Bertz CT molecular complexity index is 609. The molecule has 0 radical (unpaired) electrons. The molecular weight excluding hydrogens is 306 g/mol. The highest BCUT2D eigenvalue weighted by Crippen LogP contribution is 2.36. The lowest BCUT2D eigenvalue weighted by Crippen LogP contribution is -2.63. The molecule has 0 unspecified atom stereocenters. The number of carbonyl (C=O) groups is 3. The second-order valence-electron chi connectivity index (χ2n) is 5.18. The lowest BCUT2D eigenvalue weighted by molar-refractivity contribution is -0.159. The predicted molar refractivity (Wildman–Crippen MR) is 80.4 cm³/mol. The number of aromatic nitrogens is 1. The number of carbonyl (C=O) groups excluding carboxylic acids is 3. The molecule has 4 amide bonds. The molecule has 0 saturated carbocycles. The molecule has 0 bridgehead atoms. The van der Waals surface area contributed by atoms with Gasteiger partial charge in [-0.3, -0.25) is 19.4 Å². The van der Waals surface area contributed by atoms with E-state index in [0.29, 0.717) is 24.3 Å². The number of ether oxygens (including phenoxy) is 1. The van der Waals surface area contributed by atoms with E-state index in [1.807, 2.05) is 0 Å². The van der Waals surface area contributed by atoms with E-state index >= 15 is 0 Å². The van der Waals surface area contributed by atoms with Crippen LogP contribution in [0.1, 0.15) is 32.3 Å². The number of urea groups is 1. The fraction of sp³-hybridized carbons (Fsp3) is 0.571. The summed E-state index contributed by atoms with van der Waals surface area (Å²) in [6.07, 6.45) is 0.711. The van der Waals surface area contributed by atoms with Gasteiger partial charge in [-0.25, -0.2) is 4.79 Å². The Morgan fingerprint density at radius 2 is 1.86 bits per heavy atom. The first-order chi connectivity index (χ1) is 10.4. The Morgan fingerprint density at radius 1 is 1.23 bits per heavy atom. The molecule has 2 rings (SSSR count). The number of imide groups is 2. The van der Waals surface area contributed by atoms with Gasteiger partial charge in [0, 0.05) is 18.0 Å². The van der Waals surface area contributed by atoms with Crippen LogP contribution in [0.15, 0.2) is 5.38 Å². The maximum atomic E-state index is 12.8. The van der Waals surface area contributed by atoms with E-state index in [9.17, 15) is 14.4 Å². The normalized spacial score (nSPS) is 18.1. The molecule has 1 aromatic heterocycles. The largest absolute Gasteiger partial charge is 0.480 e. The van der Waals surface area contributed by atoms with Crippen LogP contribution in [0, 0.1) is 5.41 Å². The van der Waals surface area contributed by atoms with Gasteiger partial charge in [-0.2, -0.15) is 4.37 Å². The van der Waals surface area contributed by atoms with Gasteiger partial charge in [0.15, 0.2) is 0 Å². The van der Waals surface area contributed by atoms with Crippen LogP contribution in [-0.2, 0) is 16.1 Å². The molecule has 22 heavy (non-hydrogen) atoms. The molecule has 7 nitrogen and oxygen atoms in total. The molecule has 8 heteroatoms. The van der Waals surface area contributed by atoms with E-state index in [-0.39, 0.29) is 6.54 Å². The molecule has 0 atom stereocenters. The highest BCUT2D eigenvalue weighted by atomic mass is 32.1. The van der Waals surface area contributed by atoms with Crippen LogP contribution < -0.4 is 4.74 Å². The van der Waals surface area contributed by atoms with Crippen molar-refractivity contribution in [2.75, 3.05) is 14.2 Å². The number of amides is 4. The van der Waals surface area contributed by atoms with Crippen LogP contribution in [0.2, 0.25) is 0 Å². The molecule has 0 N–H and O–H groups in total. The summed E-state index contributed by atoms with van der Waals surface area (Å²) in [5.74, 6) is -0.484. The standard InChI is InChI=1S/C14H19N3O4S/c1-5-14(6-2)11(18)16(3)13(20)17(12(14)19)7-9-8-22-15-10(9)21-4/h8H,5-7H2,1-4H3. The maximum absolute atomic E-state index is 12.8. The van der Waals surface area contributed by atoms with Gasteiger partial charge in [-0.15, -0.1) is 0 Å². The Morgan fingerprint density at radius 3 is 2.41 bits per heavy atom. The third kappa shape index (κ3) is 2.27. The van der Waals surface area contributed by atoms with Crippen molar-refractivity contribution in [3.8, 4) is 5.88 Å². The van der Waals surface area contributed by atoms with Crippen molar-refractivity contribution >= 4 is 29.4 Å². The van der Waals surface area contributed by atoms with Crippen LogP contribution in [0.4, 0.5) is 4.79 Å². The van der Waals surface area contributed by atoms with Gasteiger partial charge in [0.05, 0.1) is 13.7 Å². The first kappa shape index (κ1) is 16.4. The van der Waals surface area contributed by atoms with Crippen molar-refractivity contribution in [3.05, 3.63) is 10.9 Å². The number of nitrogens with zero attached hydrogens (tertiary/aromatic N) is 3. The summed E-state index contributed by atoms with van der Waals surface area (Å²) in [5.41, 5.74) is -0.516. The molecule has 0 spiro atoms. The lowest BCUT2D eigenvalue weighted by Gasteiger charge is -2.42. The Labute approximate surface area is 133 Å². The van der Waals surface area contributed by atoms with E-state index < -0.39 is 23.3 Å². The lowest BCUT2D eigenvalue weighted by atomic mass is 9.78. The molecule has 1 fully saturated rings. The summed E-state index contributed by atoms with van der Waals surface area (Å²) in [6, 6.07) is -0.610. The number of barbiturate groups is 1. The van der Waals surface area contributed by atoms with Crippen molar-refractivity contribution in [1.82, 2.24) is 14.2 Å². The zero-order chi connectivity index (χ0) is 16.5. The van der Waals surface area contributed by atoms with Gasteiger partial charge in [-0.05, 0) is 24.4 Å². The molecule has 0 aliphatic carbocycles. The van der Waals surface area contributed by atoms with Gasteiger partial charge < -0.3 is 4.74 Å². The van der Waals surface area contributed by atoms with E-state index in [4.69, 9.17) is 4.74 Å². The quantitative estimate of drug-likeness (QED) is 0.772. The summed E-state index contributed by atoms with van der Waals surface area (Å²) in [6.45, 7) is 3.62. The number of methoxy groups -OCH3 is 1. The molecule has 1 saturated heterocycles. The van der Waals surface area contributed by atoms with E-state index in [1.165, 1.54) is 25.7 Å². The second kappa shape index (κ2) is 6.04. The molecule has 1 aliphatic heterocycles. The van der Waals surface area contributed by atoms with Crippen molar-refractivity contribution in [3.63, 3.8) is 0 Å². The van der Waals surface area contributed by atoms with E-state index in [0.717, 1.165) is 9.80 Å². The van der Waals surface area contributed by atoms with Gasteiger partial charge in [0.1, 0.15) is 5.41 Å². The fourth-order valence-corrected chi connectivity index (χ4v) is 3.35. The van der Waals surface area contributed by atoms with Gasteiger partial charge in [0.2, 0.25) is 17.7 Å². The molecule has 1 aliphatic rings. The van der Waals surface area contributed by atoms with Gasteiger partial charge in [-0.1, -0.05) is 13.8 Å². The molecule has 2 heterocycles. The predicted octanol–water partition coefficient (Wildman–Crippen LogP) is 1.88. The van der Waals surface area contributed by atoms with Gasteiger partial charge >= 0.3 is 6.03 Å². The van der Waals surface area contributed by atoms with Crippen LogP contribution >= 0.6 is 11.5 Å². The second-order valence-corrected chi connectivity index (χ2v) is 5.81. The summed E-state index contributed by atoms with van der Waals surface area (Å²) in [4.78, 5) is 39.7. The number of hydrogen-bond acceptors (Lipinski definition) is 6. The summed E-state index contributed by atoms with van der Waals surface area (Å²) in [5, 5.41) is 1.73. The Hall–Kier alpha value is -1.96. The van der Waals surface area contributed by atoms with Gasteiger partial charge in [0.25, 0.3) is 0 Å². The Kier molecular flexibility index (Phi) is 4.50. The first-order valence-corrected chi connectivity index (χ1v) is 7.87. The highest BCUT2D eigenvalue weighted by Gasteiger charge is 2.54. The third-order valence-corrected chi connectivity index (χ3v) is 4.88. The smallest absolute Gasteiger partial charge is 0.333 e. The van der Waals surface area contributed by atoms with Crippen molar-refractivity contribution in [2.24, 2.45) is 5.41 Å². The summed E-state index contributed by atoms with van der Waals surface area (Å²) in [7, 11) is 2.89. The van der Waals surface area contributed by atoms with E-state index in [1.54, 1.807) is 19.2 Å². The fourth-order valence-electron chi connectivity index (χ4n) is 2.71. The van der Waals surface area contributed by atoms with Crippen LogP contribution in [-0.4, -0.2) is 46.2 Å². The van der Waals surface area contributed by atoms with Crippen molar-refractivity contribution in [1.29, 1.82) is 0 Å². The minimum Gasteiger partial charge on any atom is -0.480 e. The first-order valence-electron chi connectivity index (χ1n) is 7.04. The minimum absolute atomic E-state index is 0.0523. The topological polar surface area (TPSA) is 79.8 Å². The molecule has 0 aromatic carbocycles. The van der Waals surface area contributed by atoms with Crippen LogP contribution in [0.3, 0.4) is 0 Å². The average molecular weight is 325 g/mol. The Balaban J connectivity index is 2.39. The van der Waals surface area contributed by atoms with Crippen LogP contribution in [0.25, 0.3) is 0 Å². The SMILES string of the molecule is CCC1(CC)C(=O)N(C)C(=O)N(Cc2csnc2OC)C1=O.